The number of hydrogen-bond donors (Lipinski definition) is 2. The summed E-state index contributed by atoms with van der Waals surface area (Å²) >= 11 is 0. The van der Waals surface area contributed by atoms with Crippen LogP contribution in [0, 0.1) is 6.92 Å². The van der Waals surface area contributed by atoms with Gasteiger partial charge < -0.3 is 16.0 Å². The quantitative estimate of drug-likeness (QED) is 0.621. The molecule has 4 N–H and O–H groups in total. The van der Waals surface area contributed by atoms with Gasteiger partial charge in [0.05, 0.1) is 6.54 Å². The lowest BCUT2D eigenvalue weighted by atomic mass is 10.1. The first kappa shape index (κ1) is 12.2. The summed E-state index contributed by atoms with van der Waals surface area (Å²) in [5.41, 5.74) is 13.0. The van der Waals surface area contributed by atoms with Gasteiger partial charge in [-0.15, -0.1) is 0 Å². The second kappa shape index (κ2) is 5.35. The fraction of sp³-hybridized carbons (Fsp3) is 0.231. The molecular formula is C13H17N5. The molecule has 0 aliphatic heterocycles. The first-order valence-corrected chi connectivity index (χ1v) is 5.76. The normalized spacial score (nSPS) is 10.3. The molecule has 0 saturated heterocycles. The van der Waals surface area contributed by atoms with Gasteiger partial charge in [0.15, 0.2) is 5.96 Å². The molecule has 0 saturated carbocycles. The Kier molecular flexibility index (Phi) is 3.62. The maximum absolute atomic E-state index is 5.32. The third-order valence-electron chi connectivity index (χ3n) is 2.71. The van der Waals surface area contributed by atoms with Gasteiger partial charge in [-0.25, -0.2) is 9.98 Å². The number of benzene rings is 1. The molecule has 0 aliphatic carbocycles. The lowest BCUT2D eigenvalue weighted by molar-refractivity contribution is 0.760. The van der Waals surface area contributed by atoms with Crippen LogP contribution in [-0.4, -0.2) is 15.5 Å². The van der Waals surface area contributed by atoms with Crippen LogP contribution in [0.5, 0.6) is 0 Å². The van der Waals surface area contributed by atoms with E-state index >= 15 is 0 Å². The van der Waals surface area contributed by atoms with Gasteiger partial charge >= 0.3 is 0 Å². The summed E-state index contributed by atoms with van der Waals surface area (Å²) in [6.45, 7) is 3.31. The molecule has 94 valence electrons. The fourth-order valence-corrected chi connectivity index (χ4v) is 1.78. The lowest BCUT2D eigenvalue weighted by Gasteiger charge is -2.06. The molecular weight excluding hydrogens is 226 g/mol. The number of aromatic nitrogens is 2. The molecule has 0 fully saturated rings. The van der Waals surface area contributed by atoms with Crippen LogP contribution in [0.1, 0.15) is 17.0 Å². The molecule has 18 heavy (non-hydrogen) atoms. The van der Waals surface area contributed by atoms with Crippen molar-refractivity contribution in [2.24, 2.45) is 16.5 Å². The Hall–Kier alpha value is -2.30. The molecule has 0 amide bonds. The smallest absolute Gasteiger partial charge is 0.186 e. The highest BCUT2D eigenvalue weighted by Crippen LogP contribution is 2.09. The van der Waals surface area contributed by atoms with E-state index in [4.69, 9.17) is 11.5 Å². The standard InChI is InChI=1S/C13H17N5/c1-10-16-5-6-18(10)9-12-4-2-3-11(7-12)8-17-13(14)15/h2-7H,8-9H2,1H3,(H4,14,15,17). The number of imidazole rings is 1. The summed E-state index contributed by atoms with van der Waals surface area (Å²) < 4.78 is 2.10. The van der Waals surface area contributed by atoms with E-state index in [1.807, 2.05) is 25.3 Å². The second-order valence-corrected chi connectivity index (χ2v) is 4.16. The predicted molar refractivity (Wildman–Crippen MR) is 72.0 cm³/mol. The van der Waals surface area contributed by atoms with Gasteiger partial charge in [-0.05, 0) is 18.1 Å². The van der Waals surface area contributed by atoms with Gasteiger partial charge in [-0.3, -0.25) is 0 Å². The van der Waals surface area contributed by atoms with Gasteiger partial charge in [-0.1, -0.05) is 24.3 Å². The van der Waals surface area contributed by atoms with Crippen LogP contribution >= 0.6 is 0 Å². The third kappa shape index (κ3) is 3.10. The molecule has 0 radical (unpaired) electrons. The summed E-state index contributed by atoms with van der Waals surface area (Å²) in [5, 5.41) is 0. The molecule has 0 aliphatic rings. The summed E-state index contributed by atoms with van der Waals surface area (Å²) in [5.74, 6) is 1.12. The molecule has 1 aromatic carbocycles. The van der Waals surface area contributed by atoms with Crippen molar-refractivity contribution in [2.75, 3.05) is 0 Å². The van der Waals surface area contributed by atoms with E-state index in [1.165, 1.54) is 5.56 Å². The molecule has 0 unspecified atom stereocenters. The average Bonchev–Trinajstić information content (AvgIpc) is 2.73. The van der Waals surface area contributed by atoms with Crippen molar-refractivity contribution >= 4 is 5.96 Å². The van der Waals surface area contributed by atoms with E-state index in [0.717, 1.165) is 17.9 Å². The number of guanidine groups is 1. The number of aryl methyl sites for hydroxylation is 1. The van der Waals surface area contributed by atoms with Gasteiger partial charge in [0.2, 0.25) is 0 Å². The van der Waals surface area contributed by atoms with Crippen LogP contribution in [-0.2, 0) is 13.1 Å². The number of rotatable bonds is 4. The number of hydrogen-bond acceptors (Lipinski definition) is 2. The van der Waals surface area contributed by atoms with Crippen LogP contribution in [0.4, 0.5) is 0 Å². The number of nitrogens with zero attached hydrogens (tertiary/aromatic N) is 3. The minimum atomic E-state index is 0.117. The van der Waals surface area contributed by atoms with E-state index in [2.05, 4.69) is 26.7 Å². The zero-order valence-corrected chi connectivity index (χ0v) is 10.4. The molecule has 2 rings (SSSR count). The second-order valence-electron chi connectivity index (χ2n) is 4.16. The monoisotopic (exact) mass is 243 g/mol. The Morgan fingerprint density at radius 2 is 2.11 bits per heavy atom. The van der Waals surface area contributed by atoms with Crippen molar-refractivity contribution < 1.29 is 0 Å². The van der Waals surface area contributed by atoms with E-state index in [1.54, 1.807) is 6.20 Å². The molecule has 5 nitrogen and oxygen atoms in total. The van der Waals surface area contributed by atoms with E-state index in [-0.39, 0.29) is 5.96 Å². The minimum absolute atomic E-state index is 0.117. The summed E-state index contributed by atoms with van der Waals surface area (Å²) in [6.07, 6.45) is 3.77. The molecule has 0 spiro atoms. The van der Waals surface area contributed by atoms with E-state index in [9.17, 15) is 0 Å². The van der Waals surface area contributed by atoms with Crippen LogP contribution in [0.2, 0.25) is 0 Å². The molecule has 0 bridgehead atoms. The van der Waals surface area contributed by atoms with Crippen LogP contribution in [0.15, 0.2) is 41.7 Å². The predicted octanol–water partition coefficient (Wildman–Crippen LogP) is 1.01. The Morgan fingerprint density at radius 3 is 2.78 bits per heavy atom. The molecule has 0 atom stereocenters. The summed E-state index contributed by atoms with van der Waals surface area (Å²) in [7, 11) is 0. The third-order valence-corrected chi connectivity index (χ3v) is 2.71. The molecule has 1 aromatic heterocycles. The SMILES string of the molecule is Cc1nccn1Cc1cccc(CN=C(N)N)c1. The fourth-order valence-electron chi connectivity index (χ4n) is 1.78. The molecule has 1 heterocycles. The Bertz CT molecular complexity index is 552. The van der Waals surface area contributed by atoms with Crippen LogP contribution in [0.25, 0.3) is 0 Å². The van der Waals surface area contributed by atoms with Gasteiger partial charge in [0.25, 0.3) is 0 Å². The molecule has 5 heteroatoms. The number of aliphatic imine (C=N–C) groups is 1. The van der Waals surface area contributed by atoms with Crippen molar-refractivity contribution in [3.8, 4) is 0 Å². The maximum Gasteiger partial charge on any atom is 0.186 e. The van der Waals surface area contributed by atoms with Gasteiger partial charge in [-0.2, -0.15) is 0 Å². The first-order chi connectivity index (χ1) is 8.65. The maximum atomic E-state index is 5.32. The number of nitrogens with two attached hydrogens (primary N) is 2. The van der Waals surface area contributed by atoms with Crippen molar-refractivity contribution in [3.05, 3.63) is 53.6 Å². The van der Waals surface area contributed by atoms with E-state index in [0.29, 0.717) is 6.54 Å². The lowest BCUT2D eigenvalue weighted by Crippen LogP contribution is -2.22. The summed E-state index contributed by atoms with van der Waals surface area (Å²) in [6, 6.07) is 8.21. The molecule has 2 aromatic rings. The highest BCUT2D eigenvalue weighted by Gasteiger charge is 2.00. The van der Waals surface area contributed by atoms with Crippen molar-refractivity contribution in [2.45, 2.75) is 20.0 Å². The Labute approximate surface area is 106 Å². The highest BCUT2D eigenvalue weighted by molar-refractivity contribution is 5.75. The average molecular weight is 243 g/mol. The summed E-state index contributed by atoms with van der Waals surface area (Å²) in [4.78, 5) is 8.21. The first-order valence-electron chi connectivity index (χ1n) is 5.76. The Balaban J connectivity index is 2.12. The highest BCUT2D eigenvalue weighted by atomic mass is 15.0. The zero-order valence-electron chi connectivity index (χ0n) is 10.4. The Morgan fingerprint density at radius 1 is 1.33 bits per heavy atom. The van der Waals surface area contributed by atoms with E-state index < -0.39 is 0 Å². The van der Waals surface area contributed by atoms with Crippen molar-refractivity contribution in [3.63, 3.8) is 0 Å². The largest absolute Gasteiger partial charge is 0.370 e. The van der Waals surface area contributed by atoms with Gasteiger partial charge in [0.1, 0.15) is 5.82 Å². The van der Waals surface area contributed by atoms with Crippen LogP contribution < -0.4 is 11.5 Å². The topological polar surface area (TPSA) is 82.2 Å². The minimum Gasteiger partial charge on any atom is -0.370 e. The van der Waals surface area contributed by atoms with Crippen molar-refractivity contribution in [1.82, 2.24) is 9.55 Å². The van der Waals surface area contributed by atoms with Crippen LogP contribution in [0.3, 0.4) is 0 Å². The zero-order chi connectivity index (χ0) is 13.0. The van der Waals surface area contributed by atoms with Crippen molar-refractivity contribution in [1.29, 1.82) is 0 Å². The van der Waals surface area contributed by atoms with Gasteiger partial charge in [0, 0.05) is 18.9 Å².